The first-order chi connectivity index (χ1) is 8.04. The largest absolute Gasteiger partial charge is 0.310 e. The number of benzene rings is 1. The van der Waals surface area contributed by atoms with Crippen molar-refractivity contribution in [2.24, 2.45) is 5.92 Å². The normalized spacial score (nSPS) is 13.1. The second-order valence-electron chi connectivity index (χ2n) is 5.11. The molecule has 1 N–H and O–H groups in total. The average molecular weight is 254 g/mol. The predicted octanol–water partition coefficient (Wildman–Crippen LogP) is 4.74. The Kier molecular flexibility index (Phi) is 6.01. The van der Waals surface area contributed by atoms with Gasteiger partial charge in [-0.15, -0.1) is 0 Å². The van der Waals surface area contributed by atoms with E-state index in [1.54, 1.807) is 0 Å². The summed E-state index contributed by atoms with van der Waals surface area (Å²) in [5.41, 5.74) is 2.46. The molecule has 1 atom stereocenters. The van der Waals surface area contributed by atoms with E-state index < -0.39 is 0 Å². The minimum atomic E-state index is 0.385. The van der Waals surface area contributed by atoms with Gasteiger partial charge in [0, 0.05) is 11.1 Å². The molecule has 0 spiro atoms. The predicted molar refractivity (Wildman–Crippen MR) is 76.7 cm³/mol. The van der Waals surface area contributed by atoms with E-state index in [9.17, 15) is 0 Å². The molecule has 0 bridgehead atoms. The molecule has 96 valence electrons. The molecule has 0 aliphatic rings. The molecule has 1 rings (SSSR count). The van der Waals surface area contributed by atoms with Gasteiger partial charge in [-0.2, -0.15) is 0 Å². The zero-order chi connectivity index (χ0) is 12.8. The highest BCUT2D eigenvalue weighted by Crippen LogP contribution is 2.28. The van der Waals surface area contributed by atoms with E-state index in [4.69, 9.17) is 11.6 Å². The lowest BCUT2D eigenvalue weighted by Gasteiger charge is -2.20. The van der Waals surface area contributed by atoms with Crippen LogP contribution in [-0.2, 0) is 0 Å². The summed E-state index contributed by atoms with van der Waals surface area (Å²) >= 11 is 6.34. The zero-order valence-corrected chi connectivity index (χ0v) is 12.1. The van der Waals surface area contributed by atoms with Crippen molar-refractivity contribution in [1.29, 1.82) is 0 Å². The molecule has 0 radical (unpaired) electrons. The quantitative estimate of drug-likeness (QED) is 0.773. The summed E-state index contributed by atoms with van der Waals surface area (Å²) in [5.74, 6) is 0.736. The Balaban J connectivity index is 2.81. The highest BCUT2D eigenvalue weighted by Gasteiger charge is 2.14. The van der Waals surface area contributed by atoms with Crippen LogP contribution in [0.4, 0.5) is 0 Å². The molecule has 1 nitrogen and oxygen atoms in total. The number of hydrogen-bond donors (Lipinski definition) is 1. The smallest absolute Gasteiger partial charge is 0.0456 e. The fourth-order valence-corrected chi connectivity index (χ4v) is 2.40. The van der Waals surface area contributed by atoms with Crippen molar-refractivity contribution >= 4 is 11.6 Å². The van der Waals surface area contributed by atoms with E-state index >= 15 is 0 Å². The van der Waals surface area contributed by atoms with Crippen molar-refractivity contribution in [1.82, 2.24) is 5.32 Å². The van der Waals surface area contributed by atoms with Gasteiger partial charge in [0.25, 0.3) is 0 Å². The van der Waals surface area contributed by atoms with E-state index in [0.29, 0.717) is 6.04 Å². The molecule has 1 unspecified atom stereocenters. The summed E-state index contributed by atoms with van der Waals surface area (Å²) in [7, 11) is 0. The van der Waals surface area contributed by atoms with E-state index in [-0.39, 0.29) is 0 Å². The molecule has 1 aromatic rings. The van der Waals surface area contributed by atoms with Crippen LogP contribution in [0.15, 0.2) is 18.2 Å². The molecule has 0 aliphatic carbocycles. The molecular weight excluding hydrogens is 230 g/mol. The van der Waals surface area contributed by atoms with Crippen LogP contribution < -0.4 is 5.32 Å². The van der Waals surface area contributed by atoms with Crippen molar-refractivity contribution in [2.45, 2.75) is 46.6 Å². The summed E-state index contributed by atoms with van der Waals surface area (Å²) in [5, 5.41) is 4.42. The highest BCUT2D eigenvalue weighted by atomic mass is 35.5. The SMILES string of the molecule is CCNC(CCC(C)C)c1ccc(C)cc1Cl. The Morgan fingerprint density at radius 2 is 1.94 bits per heavy atom. The maximum absolute atomic E-state index is 6.34. The number of aryl methyl sites for hydroxylation is 1. The monoisotopic (exact) mass is 253 g/mol. The molecule has 0 aromatic heterocycles. The molecule has 1 aromatic carbocycles. The van der Waals surface area contributed by atoms with Gasteiger partial charge in [-0.1, -0.05) is 44.5 Å². The maximum atomic E-state index is 6.34. The summed E-state index contributed by atoms with van der Waals surface area (Å²) in [6.45, 7) is 9.73. The Labute approximate surface area is 111 Å². The standard InChI is InChI=1S/C15H24ClN/c1-5-17-15(9-6-11(2)3)13-8-7-12(4)10-14(13)16/h7-8,10-11,15,17H,5-6,9H2,1-4H3. The number of rotatable bonds is 6. The third-order valence-corrected chi connectivity index (χ3v) is 3.34. The Bertz CT molecular complexity index is 347. The first kappa shape index (κ1) is 14.5. The zero-order valence-electron chi connectivity index (χ0n) is 11.4. The molecule has 0 saturated carbocycles. The van der Waals surface area contributed by atoms with Crippen molar-refractivity contribution in [3.63, 3.8) is 0 Å². The second kappa shape index (κ2) is 7.03. The Morgan fingerprint density at radius 3 is 2.47 bits per heavy atom. The first-order valence-electron chi connectivity index (χ1n) is 6.54. The van der Waals surface area contributed by atoms with Crippen LogP contribution >= 0.6 is 11.6 Å². The van der Waals surface area contributed by atoms with Gasteiger partial charge in [-0.3, -0.25) is 0 Å². The van der Waals surface area contributed by atoms with E-state index in [1.165, 1.54) is 17.5 Å². The van der Waals surface area contributed by atoms with Crippen molar-refractivity contribution < 1.29 is 0 Å². The van der Waals surface area contributed by atoms with Crippen LogP contribution in [0, 0.1) is 12.8 Å². The van der Waals surface area contributed by atoms with Gasteiger partial charge in [0.1, 0.15) is 0 Å². The van der Waals surface area contributed by atoms with Gasteiger partial charge in [-0.05, 0) is 49.4 Å². The Hall–Kier alpha value is -0.530. The molecule has 0 fully saturated rings. The fourth-order valence-electron chi connectivity index (χ4n) is 2.03. The minimum absolute atomic E-state index is 0.385. The number of hydrogen-bond acceptors (Lipinski definition) is 1. The number of nitrogens with one attached hydrogen (secondary N) is 1. The molecule has 0 saturated heterocycles. The fraction of sp³-hybridized carbons (Fsp3) is 0.600. The van der Waals surface area contributed by atoms with Crippen LogP contribution in [-0.4, -0.2) is 6.54 Å². The van der Waals surface area contributed by atoms with Crippen LogP contribution in [0.25, 0.3) is 0 Å². The molecule has 0 aliphatic heterocycles. The lowest BCUT2D eigenvalue weighted by Crippen LogP contribution is -2.21. The third-order valence-electron chi connectivity index (χ3n) is 3.01. The van der Waals surface area contributed by atoms with Crippen molar-refractivity contribution in [3.8, 4) is 0 Å². The van der Waals surface area contributed by atoms with Gasteiger partial charge >= 0.3 is 0 Å². The number of halogens is 1. The van der Waals surface area contributed by atoms with E-state index in [0.717, 1.165) is 23.9 Å². The second-order valence-corrected chi connectivity index (χ2v) is 5.51. The van der Waals surface area contributed by atoms with Crippen molar-refractivity contribution in [2.75, 3.05) is 6.54 Å². The summed E-state index contributed by atoms with van der Waals surface area (Å²) < 4.78 is 0. The van der Waals surface area contributed by atoms with Gasteiger partial charge in [0.2, 0.25) is 0 Å². The van der Waals surface area contributed by atoms with E-state index in [2.05, 4.69) is 51.2 Å². The highest BCUT2D eigenvalue weighted by molar-refractivity contribution is 6.31. The lowest BCUT2D eigenvalue weighted by molar-refractivity contribution is 0.448. The summed E-state index contributed by atoms with van der Waals surface area (Å²) in [4.78, 5) is 0. The van der Waals surface area contributed by atoms with Gasteiger partial charge in [0.15, 0.2) is 0 Å². The van der Waals surface area contributed by atoms with E-state index in [1.807, 2.05) is 0 Å². The summed E-state index contributed by atoms with van der Waals surface area (Å²) in [6.07, 6.45) is 2.37. The van der Waals surface area contributed by atoms with Gasteiger partial charge in [-0.25, -0.2) is 0 Å². The Morgan fingerprint density at radius 1 is 1.24 bits per heavy atom. The van der Waals surface area contributed by atoms with Crippen LogP contribution in [0.5, 0.6) is 0 Å². The lowest BCUT2D eigenvalue weighted by atomic mass is 9.97. The summed E-state index contributed by atoms with van der Waals surface area (Å²) in [6, 6.07) is 6.73. The minimum Gasteiger partial charge on any atom is -0.310 e. The van der Waals surface area contributed by atoms with Crippen LogP contribution in [0.1, 0.15) is 50.8 Å². The molecule has 0 amide bonds. The van der Waals surface area contributed by atoms with Gasteiger partial charge in [0.05, 0.1) is 0 Å². The topological polar surface area (TPSA) is 12.0 Å². The molecular formula is C15H24ClN. The maximum Gasteiger partial charge on any atom is 0.0456 e. The molecule has 17 heavy (non-hydrogen) atoms. The van der Waals surface area contributed by atoms with Crippen LogP contribution in [0.2, 0.25) is 5.02 Å². The van der Waals surface area contributed by atoms with Crippen LogP contribution in [0.3, 0.4) is 0 Å². The molecule has 2 heteroatoms. The first-order valence-corrected chi connectivity index (χ1v) is 6.91. The van der Waals surface area contributed by atoms with Gasteiger partial charge < -0.3 is 5.32 Å². The van der Waals surface area contributed by atoms with Crippen molar-refractivity contribution in [3.05, 3.63) is 34.3 Å². The molecule has 0 heterocycles. The average Bonchev–Trinajstić information content (AvgIpc) is 2.24. The third kappa shape index (κ3) is 4.69.